The first kappa shape index (κ1) is 26.8. The summed E-state index contributed by atoms with van der Waals surface area (Å²) in [7, 11) is 0. The molecule has 0 saturated heterocycles. The summed E-state index contributed by atoms with van der Waals surface area (Å²) in [4.78, 5) is 10.2. The monoisotopic (exact) mass is 608 g/mol. The fraction of sp³-hybridized carbons (Fsp3) is 0. The molecule has 0 aliphatic rings. The van der Waals surface area contributed by atoms with Gasteiger partial charge in [-0.15, -0.1) is 0 Å². The van der Waals surface area contributed by atoms with Crippen molar-refractivity contribution in [2.45, 2.75) is 0 Å². The van der Waals surface area contributed by atoms with E-state index in [1.807, 2.05) is 18.2 Å². The highest BCUT2D eigenvalue weighted by atomic mass is 14.8. The normalized spacial score (nSPS) is 11.8. The average Bonchev–Trinajstić information content (AvgIpc) is 3.17. The smallest absolute Gasteiger partial charge is 0.0972 e. The second kappa shape index (κ2) is 10.6. The summed E-state index contributed by atoms with van der Waals surface area (Å²) in [6.07, 6.45) is 0. The van der Waals surface area contributed by atoms with Crippen molar-refractivity contribution in [3.8, 4) is 44.8 Å². The summed E-state index contributed by atoms with van der Waals surface area (Å²) in [6, 6.07) is 60.9. The standard InChI is InChI=1S/C46H28N2/c1-2-6-30(7-3-1)41-26-22-35-18-19-36-23-27-42(48-46(36)45(35)47-41)31-14-12-29(13-15-31)37-10-5-11-38(28-37)39-24-20-34-17-16-32-8-4-9-33-21-25-40(39)44(34)43(32)33/h1-28H. The van der Waals surface area contributed by atoms with Gasteiger partial charge in [0.15, 0.2) is 0 Å². The molecule has 0 aliphatic heterocycles. The Balaban J connectivity index is 1.02. The summed E-state index contributed by atoms with van der Waals surface area (Å²) < 4.78 is 0. The number of pyridine rings is 2. The van der Waals surface area contributed by atoms with Gasteiger partial charge in [-0.05, 0) is 72.8 Å². The molecule has 0 N–H and O–H groups in total. The van der Waals surface area contributed by atoms with Crippen molar-refractivity contribution < 1.29 is 0 Å². The second-order valence-corrected chi connectivity index (χ2v) is 12.6. The van der Waals surface area contributed by atoms with Crippen LogP contribution in [0.5, 0.6) is 0 Å². The molecule has 0 aliphatic carbocycles. The molecule has 0 bridgehead atoms. The summed E-state index contributed by atoms with van der Waals surface area (Å²) in [5, 5.41) is 10.0. The van der Waals surface area contributed by atoms with Crippen molar-refractivity contribution in [3.63, 3.8) is 0 Å². The van der Waals surface area contributed by atoms with Gasteiger partial charge >= 0.3 is 0 Å². The quantitative estimate of drug-likeness (QED) is 0.186. The fourth-order valence-electron chi connectivity index (χ4n) is 7.38. The number of aromatic nitrogens is 2. The van der Waals surface area contributed by atoms with E-state index in [2.05, 4.69) is 152 Å². The van der Waals surface area contributed by atoms with E-state index in [0.29, 0.717) is 0 Å². The Labute approximate surface area is 277 Å². The maximum absolute atomic E-state index is 5.17. The molecule has 2 heterocycles. The third-order valence-electron chi connectivity index (χ3n) is 9.81. The van der Waals surface area contributed by atoms with Crippen LogP contribution in [-0.2, 0) is 0 Å². The molecule has 48 heavy (non-hydrogen) atoms. The van der Waals surface area contributed by atoms with Crippen molar-refractivity contribution in [1.29, 1.82) is 0 Å². The molecule has 0 spiro atoms. The van der Waals surface area contributed by atoms with Crippen molar-refractivity contribution >= 4 is 54.1 Å². The van der Waals surface area contributed by atoms with Gasteiger partial charge in [0.1, 0.15) is 0 Å². The minimum Gasteiger partial charge on any atom is -0.245 e. The minimum absolute atomic E-state index is 0.924. The molecule has 222 valence electrons. The first-order valence-electron chi connectivity index (χ1n) is 16.4. The fourth-order valence-corrected chi connectivity index (χ4v) is 7.38. The summed E-state index contributed by atoms with van der Waals surface area (Å²) in [5.74, 6) is 0. The van der Waals surface area contributed by atoms with Crippen LogP contribution in [0.2, 0.25) is 0 Å². The van der Waals surface area contributed by atoms with Gasteiger partial charge in [-0.1, -0.05) is 152 Å². The lowest BCUT2D eigenvalue weighted by Gasteiger charge is -2.15. The average molecular weight is 609 g/mol. The molecule has 0 saturated carbocycles. The van der Waals surface area contributed by atoms with E-state index in [-0.39, 0.29) is 0 Å². The lowest BCUT2D eigenvalue weighted by atomic mass is 9.89. The third kappa shape index (κ3) is 4.27. The van der Waals surface area contributed by atoms with Gasteiger partial charge in [-0.25, -0.2) is 9.97 Å². The van der Waals surface area contributed by atoms with Crippen molar-refractivity contribution in [3.05, 3.63) is 170 Å². The highest BCUT2D eigenvalue weighted by Gasteiger charge is 2.13. The number of benzene rings is 8. The van der Waals surface area contributed by atoms with Gasteiger partial charge < -0.3 is 0 Å². The van der Waals surface area contributed by atoms with E-state index >= 15 is 0 Å². The molecule has 10 aromatic rings. The van der Waals surface area contributed by atoms with Crippen molar-refractivity contribution in [1.82, 2.24) is 9.97 Å². The van der Waals surface area contributed by atoms with Crippen molar-refractivity contribution in [2.75, 3.05) is 0 Å². The number of nitrogens with zero attached hydrogens (tertiary/aromatic N) is 2. The highest BCUT2D eigenvalue weighted by Crippen LogP contribution is 2.40. The molecule has 2 heteroatoms. The second-order valence-electron chi connectivity index (χ2n) is 12.6. The molecule has 0 radical (unpaired) electrons. The predicted molar refractivity (Wildman–Crippen MR) is 202 cm³/mol. The Hall–Kier alpha value is -6.38. The molecular formula is C46H28N2. The number of rotatable bonds is 4. The largest absolute Gasteiger partial charge is 0.245 e. The SMILES string of the molecule is c1ccc(-c2ccc3ccc4ccc(-c5ccc(-c6cccc(-c7ccc8ccc9cccc%10ccc7c8c9%10)c6)cc5)nc4c3n2)cc1. The molecule has 0 amide bonds. The Kier molecular flexibility index (Phi) is 5.91. The number of fused-ring (bicyclic) bond motifs is 3. The van der Waals surface area contributed by atoms with E-state index in [1.54, 1.807) is 0 Å². The molecule has 8 aromatic carbocycles. The molecule has 2 aromatic heterocycles. The predicted octanol–water partition coefficient (Wildman–Crippen LogP) is 12.3. The van der Waals surface area contributed by atoms with E-state index < -0.39 is 0 Å². The lowest BCUT2D eigenvalue weighted by Crippen LogP contribution is -1.91. The Bertz CT molecular complexity index is 2800. The van der Waals surface area contributed by atoms with Gasteiger partial charge in [0.2, 0.25) is 0 Å². The van der Waals surface area contributed by atoms with Crippen LogP contribution in [0, 0.1) is 0 Å². The van der Waals surface area contributed by atoms with Gasteiger partial charge in [0.05, 0.1) is 22.4 Å². The van der Waals surface area contributed by atoms with Crippen LogP contribution >= 0.6 is 0 Å². The molecule has 0 unspecified atom stereocenters. The van der Waals surface area contributed by atoms with E-state index in [4.69, 9.17) is 9.97 Å². The molecular weight excluding hydrogens is 581 g/mol. The Morgan fingerprint density at radius 2 is 0.792 bits per heavy atom. The van der Waals surface area contributed by atoms with Crippen molar-refractivity contribution in [2.24, 2.45) is 0 Å². The van der Waals surface area contributed by atoms with Gasteiger partial charge in [-0.2, -0.15) is 0 Å². The zero-order valence-corrected chi connectivity index (χ0v) is 26.1. The first-order chi connectivity index (χ1) is 23.8. The zero-order valence-electron chi connectivity index (χ0n) is 26.1. The summed E-state index contributed by atoms with van der Waals surface area (Å²) in [5.41, 5.74) is 10.8. The van der Waals surface area contributed by atoms with Crippen LogP contribution in [0.3, 0.4) is 0 Å². The van der Waals surface area contributed by atoms with E-state index in [1.165, 1.54) is 54.6 Å². The van der Waals surface area contributed by atoms with Crippen LogP contribution in [0.4, 0.5) is 0 Å². The van der Waals surface area contributed by atoms with Crippen LogP contribution in [-0.4, -0.2) is 9.97 Å². The first-order valence-corrected chi connectivity index (χ1v) is 16.4. The van der Waals surface area contributed by atoms with E-state index in [9.17, 15) is 0 Å². The molecule has 10 rings (SSSR count). The summed E-state index contributed by atoms with van der Waals surface area (Å²) in [6.45, 7) is 0. The molecule has 0 fully saturated rings. The topological polar surface area (TPSA) is 25.8 Å². The Morgan fingerprint density at radius 1 is 0.292 bits per heavy atom. The zero-order chi connectivity index (χ0) is 31.6. The summed E-state index contributed by atoms with van der Waals surface area (Å²) >= 11 is 0. The van der Waals surface area contributed by atoms with Crippen LogP contribution in [0.1, 0.15) is 0 Å². The number of hydrogen-bond donors (Lipinski definition) is 0. The maximum Gasteiger partial charge on any atom is 0.0972 e. The van der Waals surface area contributed by atoms with E-state index in [0.717, 1.165) is 44.3 Å². The van der Waals surface area contributed by atoms with Gasteiger partial charge in [0.25, 0.3) is 0 Å². The lowest BCUT2D eigenvalue weighted by molar-refractivity contribution is 1.36. The Morgan fingerprint density at radius 3 is 1.50 bits per heavy atom. The maximum atomic E-state index is 5.17. The van der Waals surface area contributed by atoms with Crippen LogP contribution in [0.25, 0.3) is 98.9 Å². The van der Waals surface area contributed by atoms with Gasteiger partial charge in [0, 0.05) is 21.9 Å². The number of hydrogen-bond acceptors (Lipinski definition) is 2. The highest BCUT2D eigenvalue weighted by molar-refractivity contribution is 6.25. The third-order valence-corrected chi connectivity index (χ3v) is 9.81. The van der Waals surface area contributed by atoms with Crippen LogP contribution in [0.15, 0.2) is 170 Å². The van der Waals surface area contributed by atoms with Gasteiger partial charge in [-0.3, -0.25) is 0 Å². The van der Waals surface area contributed by atoms with Crippen LogP contribution < -0.4 is 0 Å². The minimum atomic E-state index is 0.924. The molecule has 2 nitrogen and oxygen atoms in total. The molecule has 0 atom stereocenters.